The van der Waals surface area contributed by atoms with Gasteiger partial charge in [-0.1, -0.05) is 41.8 Å². The van der Waals surface area contributed by atoms with Crippen LogP contribution in [0.25, 0.3) is 10.9 Å². The Morgan fingerprint density at radius 3 is 2.45 bits per heavy atom. The van der Waals surface area contributed by atoms with Crippen LogP contribution in [0.5, 0.6) is 16.7 Å². The molecule has 20 heavy (non-hydrogen) atoms. The molecule has 0 aliphatic rings. The standard InChI is InChI=1S/C15H11NO2S2/c1-17-10-6-8-11(9-7-10)18-15-16-13-5-3-2-4-12(13)14(19)20-15/h2-9H,1H3. The zero-order chi connectivity index (χ0) is 13.9. The summed E-state index contributed by atoms with van der Waals surface area (Å²) in [7, 11) is 1.63. The second-order valence-electron chi connectivity index (χ2n) is 4.06. The summed E-state index contributed by atoms with van der Waals surface area (Å²) < 4.78 is 11.6. The highest BCUT2D eigenvalue weighted by Gasteiger charge is 2.04. The Hall–Kier alpha value is -1.98. The maximum absolute atomic E-state index is 5.75. The van der Waals surface area contributed by atoms with Gasteiger partial charge in [-0.3, -0.25) is 0 Å². The van der Waals surface area contributed by atoms with Crippen molar-refractivity contribution in [3.05, 3.63) is 52.4 Å². The van der Waals surface area contributed by atoms with Crippen molar-refractivity contribution in [2.24, 2.45) is 0 Å². The Labute approximate surface area is 125 Å². The van der Waals surface area contributed by atoms with E-state index in [-0.39, 0.29) is 0 Å². The smallest absolute Gasteiger partial charge is 0.280 e. The minimum Gasteiger partial charge on any atom is -0.497 e. The first kappa shape index (κ1) is 13.0. The van der Waals surface area contributed by atoms with Gasteiger partial charge in [-0.15, -0.1) is 0 Å². The lowest BCUT2D eigenvalue weighted by Gasteiger charge is -2.06. The van der Waals surface area contributed by atoms with Crippen molar-refractivity contribution in [1.29, 1.82) is 0 Å². The van der Waals surface area contributed by atoms with Gasteiger partial charge in [0.2, 0.25) is 0 Å². The third-order valence-corrected chi connectivity index (χ3v) is 4.00. The van der Waals surface area contributed by atoms with Crippen LogP contribution in [0.4, 0.5) is 0 Å². The fourth-order valence-corrected chi connectivity index (χ4v) is 2.90. The number of benzene rings is 2. The lowest BCUT2D eigenvalue weighted by Crippen LogP contribution is -1.88. The summed E-state index contributed by atoms with van der Waals surface area (Å²) in [4.78, 5) is 4.47. The van der Waals surface area contributed by atoms with E-state index in [1.54, 1.807) is 7.11 Å². The number of aromatic nitrogens is 1. The molecule has 3 nitrogen and oxygen atoms in total. The van der Waals surface area contributed by atoms with E-state index < -0.39 is 0 Å². The van der Waals surface area contributed by atoms with E-state index in [1.165, 1.54) is 11.3 Å². The van der Waals surface area contributed by atoms with Gasteiger partial charge in [0, 0.05) is 5.39 Å². The quantitative estimate of drug-likeness (QED) is 0.649. The number of methoxy groups -OCH3 is 1. The van der Waals surface area contributed by atoms with Crippen molar-refractivity contribution in [3.8, 4) is 16.7 Å². The molecule has 0 saturated heterocycles. The van der Waals surface area contributed by atoms with Crippen molar-refractivity contribution in [3.63, 3.8) is 0 Å². The van der Waals surface area contributed by atoms with Gasteiger partial charge in [-0.25, -0.2) is 4.98 Å². The monoisotopic (exact) mass is 301 g/mol. The van der Waals surface area contributed by atoms with Gasteiger partial charge in [-0.2, -0.15) is 0 Å². The average molecular weight is 301 g/mol. The third-order valence-electron chi connectivity index (χ3n) is 2.78. The molecular weight excluding hydrogens is 290 g/mol. The highest BCUT2D eigenvalue weighted by Crippen LogP contribution is 2.29. The van der Waals surface area contributed by atoms with Crippen LogP contribution in [-0.2, 0) is 0 Å². The Morgan fingerprint density at radius 1 is 1.00 bits per heavy atom. The molecule has 0 aliphatic carbocycles. The summed E-state index contributed by atoms with van der Waals surface area (Å²) in [5.41, 5.74) is 0.847. The van der Waals surface area contributed by atoms with Gasteiger partial charge < -0.3 is 9.47 Å². The molecule has 5 heteroatoms. The van der Waals surface area contributed by atoms with E-state index in [2.05, 4.69) is 4.98 Å². The molecule has 0 aliphatic heterocycles. The first-order chi connectivity index (χ1) is 9.76. The van der Waals surface area contributed by atoms with Crippen molar-refractivity contribution in [2.45, 2.75) is 0 Å². The lowest BCUT2D eigenvalue weighted by atomic mass is 10.3. The fourth-order valence-electron chi connectivity index (χ4n) is 1.79. The summed E-state index contributed by atoms with van der Waals surface area (Å²) in [6.45, 7) is 0. The second kappa shape index (κ2) is 5.56. The Bertz CT molecular complexity index is 797. The van der Waals surface area contributed by atoms with Crippen LogP contribution in [0.2, 0.25) is 0 Å². The summed E-state index contributed by atoms with van der Waals surface area (Å²) in [6.07, 6.45) is 0. The second-order valence-corrected chi connectivity index (χ2v) is 5.69. The lowest BCUT2D eigenvalue weighted by molar-refractivity contribution is 0.412. The van der Waals surface area contributed by atoms with Crippen LogP contribution in [-0.4, -0.2) is 12.1 Å². The maximum Gasteiger partial charge on any atom is 0.280 e. The van der Waals surface area contributed by atoms with Crippen LogP contribution in [0.3, 0.4) is 0 Å². The molecular formula is C15H11NO2S2. The van der Waals surface area contributed by atoms with Crippen LogP contribution in [0.15, 0.2) is 48.5 Å². The number of rotatable bonds is 3. The molecule has 0 radical (unpaired) electrons. The topological polar surface area (TPSA) is 31.4 Å². The van der Waals surface area contributed by atoms with Crippen molar-refractivity contribution >= 4 is 34.5 Å². The number of ether oxygens (including phenoxy) is 2. The van der Waals surface area contributed by atoms with E-state index >= 15 is 0 Å². The first-order valence-electron chi connectivity index (χ1n) is 5.98. The average Bonchev–Trinajstić information content (AvgIpc) is 2.48. The van der Waals surface area contributed by atoms with Gasteiger partial charge in [0.15, 0.2) is 0 Å². The van der Waals surface area contributed by atoms with E-state index in [4.69, 9.17) is 21.7 Å². The Balaban J connectivity index is 1.96. The van der Waals surface area contributed by atoms with Gasteiger partial charge in [0.25, 0.3) is 5.19 Å². The molecule has 0 saturated carbocycles. The van der Waals surface area contributed by atoms with Crippen molar-refractivity contribution in [2.75, 3.05) is 7.11 Å². The molecule has 3 rings (SSSR count). The first-order valence-corrected chi connectivity index (χ1v) is 7.20. The summed E-state index contributed by atoms with van der Waals surface area (Å²) in [5, 5.41) is 1.52. The third kappa shape index (κ3) is 2.64. The zero-order valence-electron chi connectivity index (χ0n) is 10.7. The summed E-state index contributed by atoms with van der Waals surface area (Å²) >= 11 is 6.74. The van der Waals surface area contributed by atoms with Crippen LogP contribution in [0, 0.1) is 3.82 Å². The van der Waals surface area contributed by atoms with Crippen molar-refractivity contribution < 1.29 is 9.47 Å². The molecule has 0 unspecified atom stereocenters. The van der Waals surface area contributed by atoms with Crippen molar-refractivity contribution in [1.82, 2.24) is 4.98 Å². The van der Waals surface area contributed by atoms with Gasteiger partial charge in [0.1, 0.15) is 15.3 Å². The Morgan fingerprint density at radius 2 is 1.70 bits per heavy atom. The molecule has 3 aromatic rings. The van der Waals surface area contributed by atoms with Crippen LogP contribution in [0.1, 0.15) is 0 Å². The number of hydrogen-bond acceptors (Lipinski definition) is 5. The van der Waals surface area contributed by atoms with Gasteiger partial charge >= 0.3 is 0 Å². The normalized spacial score (nSPS) is 10.4. The minimum absolute atomic E-state index is 0.541. The molecule has 1 aromatic heterocycles. The van der Waals surface area contributed by atoms with E-state index in [0.29, 0.717) is 10.9 Å². The predicted molar refractivity (Wildman–Crippen MR) is 83.5 cm³/mol. The van der Waals surface area contributed by atoms with Gasteiger partial charge in [0.05, 0.1) is 12.6 Å². The molecule has 0 atom stereocenters. The maximum atomic E-state index is 5.75. The number of fused-ring (bicyclic) bond motifs is 1. The molecule has 2 aromatic carbocycles. The number of para-hydroxylation sites is 1. The fraction of sp³-hybridized carbons (Fsp3) is 0.0667. The molecule has 0 fully saturated rings. The number of nitrogens with zero attached hydrogens (tertiary/aromatic N) is 1. The van der Waals surface area contributed by atoms with E-state index in [0.717, 1.165) is 20.5 Å². The molecule has 100 valence electrons. The van der Waals surface area contributed by atoms with Crippen LogP contribution < -0.4 is 9.47 Å². The number of hydrogen-bond donors (Lipinski definition) is 0. The summed E-state index contributed by atoms with van der Waals surface area (Å²) in [6, 6.07) is 15.2. The highest BCUT2D eigenvalue weighted by atomic mass is 32.1. The molecule has 0 amide bonds. The SMILES string of the molecule is COc1ccc(Oc2nc3ccccc3c(=S)s2)cc1. The highest BCUT2D eigenvalue weighted by molar-refractivity contribution is 7.74. The predicted octanol–water partition coefficient (Wildman–Crippen LogP) is 4.83. The van der Waals surface area contributed by atoms with E-state index in [9.17, 15) is 0 Å². The largest absolute Gasteiger partial charge is 0.497 e. The zero-order valence-corrected chi connectivity index (χ0v) is 12.3. The van der Waals surface area contributed by atoms with Gasteiger partial charge in [-0.05, 0) is 30.3 Å². The Kier molecular flexibility index (Phi) is 3.62. The minimum atomic E-state index is 0.541. The molecule has 0 N–H and O–H groups in total. The molecule has 0 spiro atoms. The molecule has 0 bridgehead atoms. The van der Waals surface area contributed by atoms with E-state index in [1.807, 2.05) is 48.5 Å². The van der Waals surface area contributed by atoms with Crippen LogP contribution >= 0.6 is 23.6 Å². The molecule has 1 heterocycles. The summed E-state index contributed by atoms with van der Waals surface area (Å²) in [5.74, 6) is 1.50.